The number of rotatable bonds is 5. The lowest BCUT2D eigenvalue weighted by molar-refractivity contribution is -0.475. The Kier molecular flexibility index (Phi) is 6.33. The van der Waals surface area contributed by atoms with Crippen LogP contribution in [0.5, 0.6) is 0 Å². The minimum Gasteiger partial charge on any atom is -0.458 e. The Balaban J connectivity index is 5.96. The Morgan fingerprint density at radius 3 is 1.42 bits per heavy atom. The summed E-state index contributed by atoms with van der Waals surface area (Å²) in [5.41, 5.74) is -1.17. The zero-order valence-corrected chi connectivity index (χ0v) is 13.5. The third kappa shape index (κ3) is 4.68. The maximum Gasteiger partial charge on any atom is 0.462 e. The first kappa shape index (κ1) is 24.7. The molecule has 0 aliphatic carbocycles. The van der Waals surface area contributed by atoms with Gasteiger partial charge in [-0.15, -0.1) is 0 Å². The second kappa shape index (κ2) is 6.68. The van der Waals surface area contributed by atoms with E-state index < -0.39 is 47.7 Å². The number of carbonyl (C=O) groups is 1. The fourth-order valence-electron chi connectivity index (χ4n) is 1.03. The first-order valence-corrected chi connectivity index (χ1v) is 6.50. The largest absolute Gasteiger partial charge is 0.462 e. The van der Waals surface area contributed by atoms with Gasteiger partial charge in [0, 0.05) is 0 Å². The van der Waals surface area contributed by atoms with Crippen LogP contribution in [0.1, 0.15) is 27.7 Å². The molecule has 14 heteroatoms. The average Bonchev–Trinajstić information content (AvgIpc) is 2.33. The number of alkyl halides is 11. The van der Waals surface area contributed by atoms with E-state index in [1.165, 1.54) is 20.8 Å². The van der Waals surface area contributed by atoms with Crippen LogP contribution in [0.25, 0.3) is 0 Å². The minimum atomic E-state index is -7.24. The summed E-state index contributed by atoms with van der Waals surface area (Å²) in [5.74, 6) is -16.8. The van der Waals surface area contributed by atoms with Crippen LogP contribution in [0, 0.1) is 5.41 Å². The van der Waals surface area contributed by atoms with Gasteiger partial charge in [0.1, 0.15) is 6.10 Å². The van der Waals surface area contributed by atoms with E-state index in [9.17, 15) is 53.1 Å². The summed E-state index contributed by atoms with van der Waals surface area (Å²) in [5, 5.41) is 0. The minimum absolute atomic E-state index is 0.900. The van der Waals surface area contributed by atoms with E-state index in [1.807, 2.05) is 0 Å². The summed E-state index contributed by atoms with van der Waals surface area (Å²) >= 11 is 0. The molecule has 0 rings (SSSR count). The fourth-order valence-corrected chi connectivity index (χ4v) is 1.03. The highest BCUT2D eigenvalue weighted by atomic mass is 19.4. The molecule has 0 aromatic heterocycles. The van der Waals surface area contributed by atoms with Gasteiger partial charge in [0.15, 0.2) is 0 Å². The van der Waals surface area contributed by atoms with E-state index >= 15 is 0 Å². The Hall–Kier alpha value is -1.34. The van der Waals surface area contributed by atoms with Crippen LogP contribution in [0.2, 0.25) is 0 Å². The molecule has 26 heavy (non-hydrogen) atoms. The van der Waals surface area contributed by atoms with Crippen molar-refractivity contribution in [3.05, 3.63) is 0 Å². The van der Waals surface area contributed by atoms with Crippen LogP contribution in [0.4, 0.5) is 48.3 Å². The van der Waals surface area contributed by atoms with E-state index in [-0.39, 0.29) is 0 Å². The van der Waals surface area contributed by atoms with Crippen LogP contribution in [-0.4, -0.2) is 42.3 Å². The van der Waals surface area contributed by atoms with Gasteiger partial charge >= 0.3 is 36.2 Å². The van der Waals surface area contributed by atoms with Gasteiger partial charge in [0.25, 0.3) is 0 Å². The molecular weight excluding hydrogens is 401 g/mol. The van der Waals surface area contributed by atoms with Crippen LogP contribution in [-0.2, 0) is 14.3 Å². The van der Waals surface area contributed by atoms with Gasteiger partial charge in [-0.2, -0.15) is 48.3 Å². The third-order valence-electron chi connectivity index (χ3n) is 3.12. The van der Waals surface area contributed by atoms with Crippen LogP contribution < -0.4 is 0 Å². The van der Waals surface area contributed by atoms with Gasteiger partial charge < -0.3 is 4.74 Å². The normalized spacial score (nSPS) is 18.3. The fraction of sp³-hybridized carbons (Fsp3) is 0.917. The van der Waals surface area contributed by atoms with Gasteiger partial charge in [0.05, 0.1) is 0 Å². The molecule has 0 aliphatic heterocycles. The molecule has 0 aromatic carbocycles. The molecule has 2 atom stereocenters. The van der Waals surface area contributed by atoms with Crippen molar-refractivity contribution in [3.8, 4) is 0 Å². The molecule has 0 aliphatic rings. The van der Waals surface area contributed by atoms with Crippen molar-refractivity contribution in [2.24, 2.45) is 5.41 Å². The van der Waals surface area contributed by atoms with E-state index in [4.69, 9.17) is 0 Å². The predicted octanol–water partition coefficient (Wildman–Crippen LogP) is 5.00. The highest BCUT2D eigenvalue weighted by Gasteiger charge is 2.80. The number of ether oxygens (including phenoxy) is 2. The van der Waals surface area contributed by atoms with E-state index in [2.05, 4.69) is 9.47 Å². The summed E-state index contributed by atoms with van der Waals surface area (Å²) in [7, 11) is 0. The SMILES string of the molecule is CC(OC(=O)C(F)(OC(F)(F)C(F)(F)C(F)(F)F)C(F)(F)F)C(C)(C)C. The van der Waals surface area contributed by atoms with Gasteiger partial charge in [-0.3, -0.25) is 4.74 Å². The monoisotopic (exact) mass is 414 g/mol. The van der Waals surface area contributed by atoms with Crippen molar-refractivity contribution in [3.63, 3.8) is 0 Å². The molecule has 156 valence electrons. The molecule has 0 N–H and O–H groups in total. The van der Waals surface area contributed by atoms with Crippen LogP contribution in [0.3, 0.4) is 0 Å². The molecular formula is C12H13F11O3. The molecule has 0 radical (unpaired) electrons. The molecule has 0 fully saturated rings. The van der Waals surface area contributed by atoms with Gasteiger partial charge in [-0.25, -0.2) is 4.79 Å². The molecule has 0 spiro atoms. The number of esters is 1. The number of halogens is 11. The van der Waals surface area contributed by atoms with Crippen molar-refractivity contribution < 1.29 is 62.6 Å². The summed E-state index contributed by atoms with van der Waals surface area (Å²) in [6.07, 6.45) is -22.5. The Bertz CT molecular complexity index is 518. The first-order valence-electron chi connectivity index (χ1n) is 6.50. The molecule has 0 saturated carbocycles. The van der Waals surface area contributed by atoms with Crippen molar-refractivity contribution in [1.82, 2.24) is 0 Å². The third-order valence-corrected chi connectivity index (χ3v) is 3.12. The highest BCUT2D eigenvalue weighted by Crippen LogP contribution is 2.51. The van der Waals surface area contributed by atoms with Crippen LogP contribution >= 0.6 is 0 Å². The molecule has 0 heterocycles. The molecule has 3 nitrogen and oxygen atoms in total. The summed E-state index contributed by atoms with van der Waals surface area (Å²) in [4.78, 5) is 11.3. The zero-order valence-electron chi connectivity index (χ0n) is 13.5. The Morgan fingerprint density at radius 2 is 1.15 bits per heavy atom. The highest BCUT2D eigenvalue weighted by molar-refractivity contribution is 5.79. The summed E-state index contributed by atoms with van der Waals surface area (Å²) in [6.45, 7) is 4.67. The first-order chi connectivity index (χ1) is 11.0. The molecule has 0 amide bonds. The summed E-state index contributed by atoms with van der Waals surface area (Å²) < 4.78 is 145. The maximum absolute atomic E-state index is 13.9. The van der Waals surface area contributed by atoms with Gasteiger partial charge in [-0.05, 0) is 12.3 Å². The quantitative estimate of drug-likeness (QED) is 0.469. The van der Waals surface area contributed by atoms with Crippen molar-refractivity contribution in [1.29, 1.82) is 0 Å². The smallest absolute Gasteiger partial charge is 0.458 e. The zero-order chi connectivity index (χ0) is 21.6. The van der Waals surface area contributed by atoms with Crippen molar-refractivity contribution in [2.75, 3.05) is 0 Å². The van der Waals surface area contributed by atoms with Crippen molar-refractivity contribution in [2.45, 2.75) is 64.0 Å². The van der Waals surface area contributed by atoms with E-state index in [0.29, 0.717) is 0 Å². The molecule has 0 aromatic rings. The topological polar surface area (TPSA) is 35.5 Å². The number of hydrogen-bond acceptors (Lipinski definition) is 3. The molecule has 2 unspecified atom stereocenters. The van der Waals surface area contributed by atoms with Gasteiger partial charge in [-0.1, -0.05) is 20.8 Å². The number of carbonyl (C=O) groups excluding carboxylic acids is 1. The second-order valence-corrected chi connectivity index (χ2v) is 6.20. The number of hydrogen-bond donors (Lipinski definition) is 0. The lowest BCUT2D eigenvalue weighted by Crippen LogP contribution is -2.62. The van der Waals surface area contributed by atoms with Crippen LogP contribution in [0.15, 0.2) is 0 Å². The van der Waals surface area contributed by atoms with E-state index in [0.717, 1.165) is 6.92 Å². The Morgan fingerprint density at radius 1 is 0.769 bits per heavy atom. The van der Waals surface area contributed by atoms with Gasteiger partial charge in [0.2, 0.25) is 0 Å². The lowest BCUT2D eigenvalue weighted by atomic mass is 9.90. The molecule has 0 bridgehead atoms. The predicted molar refractivity (Wildman–Crippen MR) is 61.9 cm³/mol. The Labute approximate surface area is 139 Å². The molecule has 0 saturated heterocycles. The maximum atomic E-state index is 13.9. The summed E-state index contributed by atoms with van der Waals surface area (Å²) in [6, 6.07) is 0. The lowest BCUT2D eigenvalue weighted by Gasteiger charge is -2.35. The standard InChI is InChI=1S/C12H13F11O3/c1-5(7(2,3)4)25-6(24)8(13,10(16,17)18)26-12(22,23)9(14,15)11(19,20)21/h5H,1-4H3. The van der Waals surface area contributed by atoms with E-state index in [1.54, 1.807) is 0 Å². The average molecular weight is 414 g/mol. The second-order valence-electron chi connectivity index (χ2n) is 6.20. The van der Waals surface area contributed by atoms with Crippen molar-refractivity contribution >= 4 is 5.97 Å².